The zero-order chi connectivity index (χ0) is 9.14. The van der Waals surface area contributed by atoms with E-state index in [-0.39, 0.29) is 5.82 Å². The van der Waals surface area contributed by atoms with Gasteiger partial charge in [0.15, 0.2) is 0 Å². The highest BCUT2D eigenvalue weighted by molar-refractivity contribution is 5.48. The quantitative estimate of drug-likeness (QED) is 0.488. The first-order chi connectivity index (χ1) is 5.61. The molecule has 64 valence electrons. The summed E-state index contributed by atoms with van der Waals surface area (Å²) in [7, 11) is 3.64. The minimum atomic E-state index is -0.507. The van der Waals surface area contributed by atoms with Gasteiger partial charge in [0.05, 0.1) is 6.07 Å². The van der Waals surface area contributed by atoms with Gasteiger partial charge in [-0.25, -0.2) is 0 Å². The van der Waals surface area contributed by atoms with Gasteiger partial charge in [-0.05, 0) is 9.91 Å². The number of pyridine rings is 1. The number of anilines is 1. The van der Waals surface area contributed by atoms with Crippen molar-refractivity contribution in [3.05, 3.63) is 28.4 Å². The van der Waals surface area contributed by atoms with Crippen molar-refractivity contribution in [1.82, 2.24) is 4.98 Å². The Bertz CT molecular complexity index is 298. The lowest BCUT2D eigenvalue weighted by atomic mass is 10.4. The fourth-order valence-electron chi connectivity index (χ4n) is 0.786. The number of hydrogen-bond donors (Lipinski definition) is 0. The van der Waals surface area contributed by atoms with Crippen LogP contribution in [0.3, 0.4) is 0 Å². The molecule has 0 N–H and O–H groups in total. The predicted molar refractivity (Wildman–Crippen MR) is 45.2 cm³/mol. The molecule has 1 aromatic rings. The van der Waals surface area contributed by atoms with Gasteiger partial charge in [-0.3, -0.25) is 0 Å². The first-order valence-electron chi connectivity index (χ1n) is 3.39. The molecule has 0 saturated heterocycles. The molecule has 1 aromatic heterocycles. The summed E-state index contributed by atoms with van der Waals surface area (Å²) in [4.78, 5) is 15.2. The Balaban J connectivity index is 3.04. The van der Waals surface area contributed by atoms with Gasteiger partial charge in [0.25, 0.3) is 0 Å². The standard InChI is InChI=1S/C7H9N3O2/c1-9(2)6-3-4-8-7(5-6)10(11)12/h3-5H,1-2H3. The SMILES string of the molecule is CN(C)c1ccnc([N+](=O)[O-])c1. The summed E-state index contributed by atoms with van der Waals surface area (Å²) < 4.78 is 0. The molecule has 0 saturated carbocycles. The molecule has 0 aliphatic carbocycles. The fraction of sp³-hybridized carbons (Fsp3) is 0.286. The van der Waals surface area contributed by atoms with E-state index in [4.69, 9.17) is 0 Å². The molecule has 1 heterocycles. The topological polar surface area (TPSA) is 59.3 Å². The summed E-state index contributed by atoms with van der Waals surface area (Å²) in [6, 6.07) is 3.15. The van der Waals surface area contributed by atoms with Crippen molar-refractivity contribution in [1.29, 1.82) is 0 Å². The van der Waals surface area contributed by atoms with Crippen molar-refractivity contribution < 1.29 is 4.92 Å². The van der Waals surface area contributed by atoms with Gasteiger partial charge in [0.1, 0.15) is 6.20 Å². The van der Waals surface area contributed by atoms with Crippen LogP contribution in [-0.4, -0.2) is 24.0 Å². The number of nitro groups is 1. The fourth-order valence-corrected chi connectivity index (χ4v) is 0.786. The normalized spacial score (nSPS) is 9.50. The molecule has 0 radical (unpaired) electrons. The molecule has 0 fully saturated rings. The van der Waals surface area contributed by atoms with Crippen molar-refractivity contribution >= 4 is 11.5 Å². The van der Waals surface area contributed by atoms with Crippen LogP contribution >= 0.6 is 0 Å². The first-order valence-corrected chi connectivity index (χ1v) is 3.39. The van der Waals surface area contributed by atoms with Gasteiger partial charge in [-0.2, -0.15) is 0 Å². The Morgan fingerprint density at radius 1 is 1.58 bits per heavy atom. The van der Waals surface area contributed by atoms with Gasteiger partial charge in [0, 0.05) is 25.8 Å². The third-order valence-electron chi connectivity index (χ3n) is 1.43. The Labute approximate surface area is 69.8 Å². The van der Waals surface area contributed by atoms with E-state index in [1.165, 1.54) is 12.3 Å². The van der Waals surface area contributed by atoms with E-state index in [0.29, 0.717) is 0 Å². The van der Waals surface area contributed by atoms with Crippen LogP contribution in [0.4, 0.5) is 11.5 Å². The third kappa shape index (κ3) is 1.69. The lowest BCUT2D eigenvalue weighted by molar-refractivity contribution is -0.389. The lowest BCUT2D eigenvalue weighted by Gasteiger charge is -2.09. The van der Waals surface area contributed by atoms with E-state index in [1.807, 2.05) is 14.1 Å². The molecule has 0 aliphatic heterocycles. The zero-order valence-corrected chi connectivity index (χ0v) is 6.89. The van der Waals surface area contributed by atoms with Crippen molar-refractivity contribution in [2.24, 2.45) is 0 Å². The second-order valence-corrected chi connectivity index (χ2v) is 2.52. The second kappa shape index (κ2) is 3.17. The summed E-state index contributed by atoms with van der Waals surface area (Å²) in [5, 5.41) is 10.3. The molecule has 0 unspecified atom stereocenters. The van der Waals surface area contributed by atoms with Crippen molar-refractivity contribution in [2.45, 2.75) is 0 Å². The molecule has 0 spiro atoms. The maximum atomic E-state index is 10.3. The minimum Gasteiger partial charge on any atom is -0.377 e. The molecule has 12 heavy (non-hydrogen) atoms. The Morgan fingerprint density at radius 2 is 2.25 bits per heavy atom. The predicted octanol–water partition coefficient (Wildman–Crippen LogP) is 1.06. The first kappa shape index (κ1) is 8.45. The molecule has 5 heteroatoms. The largest absolute Gasteiger partial charge is 0.377 e. The summed E-state index contributed by atoms with van der Waals surface area (Å²) in [6.07, 6.45) is 1.42. The molecular formula is C7H9N3O2. The van der Waals surface area contributed by atoms with Gasteiger partial charge in [-0.1, -0.05) is 0 Å². The Kier molecular flexibility index (Phi) is 2.23. The van der Waals surface area contributed by atoms with Gasteiger partial charge < -0.3 is 15.0 Å². The zero-order valence-electron chi connectivity index (χ0n) is 6.89. The monoisotopic (exact) mass is 167 g/mol. The molecule has 0 atom stereocenters. The molecule has 1 rings (SSSR count). The molecule has 0 amide bonds. The van der Waals surface area contributed by atoms with E-state index in [9.17, 15) is 10.1 Å². The minimum absolute atomic E-state index is 0.124. The highest BCUT2D eigenvalue weighted by Crippen LogP contribution is 2.15. The van der Waals surface area contributed by atoms with Crippen molar-refractivity contribution in [2.75, 3.05) is 19.0 Å². The van der Waals surface area contributed by atoms with Crippen molar-refractivity contribution in [3.63, 3.8) is 0 Å². The second-order valence-electron chi connectivity index (χ2n) is 2.52. The molecule has 0 bridgehead atoms. The number of rotatable bonds is 2. The summed E-state index contributed by atoms with van der Waals surface area (Å²) in [5.41, 5.74) is 0.775. The third-order valence-corrected chi connectivity index (χ3v) is 1.43. The van der Waals surface area contributed by atoms with Crippen LogP contribution in [0.5, 0.6) is 0 Å². The van der Waals surface area contributed by atoms with Crippen LogP contribution in [0.25, 0.3) is 0 Å². The summed E-state index contributed by atoms with van der Waals surface area (Å²) in [5.74, 6) is -0.124. The van der Waals surface area contributed by atoms with E-state index < -0.39 is 4.92 Å². The van der Waals surface area contributed by atoms with Crippen LogP contribution in [0.2, 0.25) is 0 Å². The van der Waals surface area contributed by atoms with Gasteiger partial charge in [0.2, 0.25) is 0 Å². The lowest BCUT2D eigenvalue weighted by Crippen LogP contribution is -2.08. The Hall–Kier alpha value is -1.65. The maximum Gasteiger partial charge on any atom is 0.365 e. The van der Waals surface area contributed by atoms with Crippen LogP contribution in [0.15, 0.2) is 18.3 Å². The van der Waals surface area contributed by atoms with Crippen LogP contribution in [-0.2, 0) is 0 Å². The molecule has 5 nitrogen and oxygen atoms in total. The number of hydrogen-bond acceptors (Lipinski definition) is 4. The average molecular weight is 167 g/mol. The number of aromatic nitrogens is 1. The smallest absolute Gasteiger partial charge is 0.365 e. The van der Waals surface area contributed by atoms with Crippen LogP contribution in [0.1, 0.15) is 0 Å². The highest BCUT2D eigenvalue weighted by atomic mass is 16.6. The van der Waals surface area contributed by atoms with Gasteiger partial charge in [-0.15, -0.1) is 0 Å². The van der Waals surface area contributed by atoms with Crippen LogP contribution in [0, 0.1) is 10.1 Å². The molecular weight excluding hydrogens is 158 g/mol. The molecule has 0 aliphatic rings. The van der Waals surface area contributed by atoms with E-state index in [0.717, 1.165) is 5.69 Å². The average Bonchev–Trinajstić information content (AvgIpc) is 2.04. The van der Waals surface area contributed by atoms with Gasteiger partial charge >= 0.3 is 5.82 Å². The summed E-state index contributed by atoms with van der Waals surface area (Å²) in [6.45, 7) is 0. The van der Waals surface area contributed by atoms with Crippen LogP contribution < -0.4 is 4.90 Å². The van der Waals surface area contributed by atoms with E-state index in [1.54, 1.807) is 11.0 Å². The highest BCUT2D eigenvalue weighted by Gasteiger charge is 2.07. The summed E-state index contributed by atoms with van der Waals surface area (Å²) >= 11 is 0. The van der Waals surface area contributed by atoms with E-state index in [2.05, 4.69) is 4.98 Å². The number of nitrogens with zero attached hydrogens (tertiary/aromatic N) is 3. The van der Waals surface area contributed by atoms with E-state index >= 15 is 0 Å². The van der Waals surface area contributed by atoms with Crippen molar-refractivity contribution in [3.8, 4) is 0 Å². The molecule has 0 aromatic carbocycles. The Morgan fingerprint density at radius 3 is 2.75 bits per heavy atom. The maximum absolute atomic E-state index is 10.3.